The van der Waals surface area contributed by atoms with Crippen LogP contribution in [0.3, 0.4) is 0 Å². The maximum absolute atomic E-state index is 5.31. The Kier molecular flexibility index (Phi) is 7.96. The first kappa shape index (κ1) is 38.7. The topological polar surface area (TPSA) is 74.3 Å². The summed E-state index contributed by atoms with van der Waals surface area (Å²) in [5.74, 6) is 1.66. The molecule has 7 aromatic carbocycles. The van der Waals surface area contributed by atoms with Crippen LogP contribution in [0.5, 0.6) is 0 Å². The zero-order chi connectivity index (χ0) is 45.5. The SMILES string of the molecule is CC1(C)c2ccccc2-n2c3ncc(-c4nc(-c5cccc(-c6cccc(-c7ccccc7)c6)c5)nc(-c5cnc6c(c5)c5cccc7c5n6-c5ccccc5C7(C)C)n4)cc3c3cccc1c32. The van der Waals surface area contributed by atoms with E-state index in [1.807, 2.05) is 12.4 Å². The van der Waals surface area contributed by atoms with Crippen molar-refractivity contribution in [3.8, 4) is 67.8 Å². The molecule has 68 heavy (non-hydrogen) atoms. The molecule has 0 unspecified atom stereocenters. The van der Waals surface area contributed by atoms with Crippen LogP contribution in [-0.2, 0) is 10.8 Å². The Bertz CT molecular complexity index is 3900. The second-order valence-electron chi connectivity index (χ2n) is 19.4. The van der Waals surface area contributed by atoms with Gasteiger partial charge in [-0.1, -0.05) is 167 Å². The molecule has 0 amide bonds. The van der Waals surface area contributed by atoms with Gasteiger partial charge in [0.2, 0.25) is 0 Å². The van der Waals surface area contributed by atoms with Gasteiger partial charge in [0.25, 0.3) is 0 Å². The minimum Gasteiger partial charge on any atom is -0.293 e. The van der Waals surface area contributed by atoms with Crippen LogP contribution in [0, 0.1) is 0 Å². The van der Waals surface area contributed by atoms with Crippen molar-refractivity contribution >= 4 is 43.9 Å². The fourth-order valence-corrected chi connectivity index (χ4v) is 11.4. The molecule has 12 aromatic rings. The van der Waals surface area contributed by atoms with E-state index in [2.05, 4.69) is 213 Å². The van der Waals surface area contributed by atoms with Crippen LogP contribution in [0.25, 0.3) is 112 Å². The first-order chi connectivity index (χ1) is 33.2. The number of aromatic nitrogens is 7. The molecule has 0 radical (unpaired) electrons. The summed E-state index contributed by atoms with van der Waals surface area (Å²) in [5.41, 5.74) is 18.3. The molecule has 5 aromatic heterocycles. The first-order valence-corrected chi connectivity index (χ1v) is 23.3. The van der Waals surface area contributed by atoms with Gasteiger partial charge in [0.05, 0.1) is 22.4 Å². The molecule has 7 nitrogen and oxygen atoms in total. The van der Waals surface area contributed by atoms with Gasteiger partial charge in [-0.25, -0.2) is 24.9 Å². The molecule has 0 fully saturated rings. The van der Waals surface area contributed by atoms with Crippen molar-refractivity contribution < 1.29 is 0 Å². The van der Waals surface area contributed by atoms with Gasteiger partial charge in [0.1, 0.15) is 11.3 Å². The zero-order valence-electron chi connectivity index (χ0n) is 38.0. The minimum atomic E-state index is -0.181. The van der Waals surface area contributed by atoms with Crippen molar-refractivity contribution in [2.24, 2.45) is 0 Å². The van der Waals surface area contributed by atoms with Crippen LogP contribution in [0.4, 0.5) is 0 Å². The molecule has 14 rings (SSSR count). The summed E-state index contributed by atoms with van der Waals surface area (Å²) in [6, 6.07) is 62.9. The summed E-state index contributed by atoms with van der Waals surface area (Å²) >= 11 is 0. The molecule has 7 heterocycles. The highest BCUT2D eigenvalue weighted by Gasteiger charge is 2.37. The summed E-state index contributed by atoms with van der Waals surface area (Å²) < 4.78 is 4.68. The molecular weight excluding hydrogens is 831 g/mol. The van der Waals surface area contributed by atoms with Gasteiger partial charge in [0, 0.05) is 61.5 Å². The van der Waals surface area contributed by atoms with E-state index in [1.54, 1.807) is 0 Å². The highest BCUT2D eigenvalue weighted by Crippen LogP contribution is 2.49. The number of hydrogen-bond acceptors (Lipinski definition) is 5. The van der Waals surface area contributed by atoms with Crippen molar-refractivity contribution in [3.63, 3.8) is 0 Å². The van der Waals surface area contributed by atoms with Crippen LogP contribution in [0.1, 0.15) is 49.9 Å². The largest absolute Gasteiger partial charge is 0.293 e. The minimum absolute atomic E-state index is 0.181. The van der Waals surface area contributed by atoms with Gasteiger partial charge < -0.3 is 0 Å². The van der Waals surface area contributed by atoms with E-state index in [0.717, 1.165) is 77.6 Å². The summed E-state index contributed by atoms with van der Waals surface area (Å²) in [6.07, 6.45) is 3.85. The molecule has 0 atom stereocenters. The van der Waals surface area contributed by atoms with Crippen LogP contribution in [-0.4, -0.2) is 34.1 Å². The monoisotopic (exact) mass is 873 g/mol. The highest BCUT2D eigenvalue weighted by atomic mass is 15.1. The maximum Gasteiger partial charge on any atom is 0.165 e. The number of fused-ring (bicyclic) bond motifs is 10. The molecule has 0 aliphatic carbocycles. The van der Waals surface area contributed by atoms with E-state index < -0.39 is 0 Å². The predicted molar refractivity (Wildman–Crippen MR) is 276 cm³/mol. The smallest absolute Gasteiger partial charge is 0.165 e. The van der Waals surface area contributed by atoms with Crippen molar-refractivity contribution in [2.45, 2.75) is 38.5 Å². The molecule has 0 bridgehead atoms. The summed E-state index contributed by atoms with van der Waals surface area (Å²) in [5, 5.41) is 4.41. The zero-order valence-corrected chi connectivity index (χ0v) is 38.0. The summed E-state index contributed by atoms with van der Waals surface area (Å²) in [7, 11) is 0. The molecule has 2 aliphatic heterocycles. The van der Waals surface area contributed by atoms with E-state index >= 15 is 0 Å². The van der Waals surface area contributed by atoms with Crippen molar-refractivity contribution in [2.75, 3.05) is 0 Å². The van der Waals surface area contributed by atoms with Crippen LogP contribution in [0.2, 0.25) is 0 Å². The second-order valence-corrected chi connectivity index (χ2v) is 19.4. The number of rotatable bonds is 5. The van der Waals surface area contributed by atoms with Gasteiger partial charge in [-0.05, 0) is 80.9 Å². The van der Waals surface area contributed by atoms with E-state index in [9.17, 15) is 0 Å². The molecular formula is C61H43N7. The lowest BCUT2D eigenvalue weighted by molar-refractivity contribution is 0.629. The van der Waals surface area contributed by atoms with Crippen LogP contribution in [0.15, 0.2) is 188 Å². The Hall–Kier alpha value is -8.55. The number of hydrogen-bond donors (Lipinski definition) is 0. The summed E-state index contributed by atoms with van der Waals surface area (Å²) in [6.45, 7) is 9.28. The van der Waals surface area contributed by atoms with Crippen molar-refractivity contribution in [1.29, 1.82) is 0 Å². The average molecular weight is 874 g/mol. The third-order valence-corrected chi connectivity index (χ3v) is 14.8. The predicted octanol–water partition coefficient (Wildman–Crippen LogP) is 14.5. The fourth-order valence-electron chi connectivity index (χ4n) is 11.4. The molecule has 0 saturated carbocycles. The van der Waals surface area contributed by atoms with Crippen LogP contribution >= 0.6 is 0 Å². The number of benzene rings is 7. The van der Waals surface area contributed by atoms with E-state index in [1.165, 1.54) is 38.9 Å². The number of nitrogens with zero attached hydrogens (tertiary/aromatic N) is 7. The van der Waals surface area contributed by atoms with Crippen molar-refractivity contribution in [3.05, 3.63) is 211 Å². The van der Waals surface area contributed by atoms with Gasteiger partial charge in [-0.2, -0.15) is 0 Å². The number of pyridine rings is 2. The third kappa shape index (κ3) is 5.44. The lowest BCUT2D eigenvalue weighted by atomic mass is 9.75. The lowest BCUT2D eigenvalue weighted by Crippen LogP contribution is -2.26. The molecule has 322 valence electrons. The van der Waals surface area contributed by atoms with E-state index in [4.69, 9.17) is 24.9 Å². The number of para-hydroxylation sites is 4. The van der Waals surface area contributed by atoms with Gasteiger partial charge in [-0.3, -0.25) is 9.13 Å². The lowest BCUT2D eigenvalue weighted by Gasteiger charge is -2.34. The van der Waals surface area contributed by atoms with Gasteiger partial charge in [0.15, 0.2) is 17.5 Å². The standard InChI is InChI=1S/C61H43N7/c1-60(2)47-24-8-10-28-51(47)67-53-43(22-14-26-49(53)60)45-32-41(34-62-58(45)67)56-64-55(40-21-13-20-39(31-40)38-19-12-18-37(30-38)36-16-6-5-7-17-36)65-57(66-56)42-33-46-44-23-15-27-50-54(44)68(59(46)63-35-42)52-29-11-9-25-48(52)61(50,3)4/h5-35H,1-4H3. The molecule has 7 heteroatoms. The van der Waals surface area contributed by atoms with E-state index in [0.29, 0.717) is 17.5 Å². The quantitative estimate of drug-likeness (QED) is 0.172. The molecule has 0 saturated heterocycles. The van der Waals surface area contributed by atoms with Crippen LogP contribution < -0.4 is 0 Å². The third-order valence-electron chi connectivity index (χ3n) is 14.8. The van der Waals surface area contributed by atoms with E-state index in [-0.39, 0.29) is 10.8 Å². The van der Waals surface area contributed by atoms with Gasteiger partial charge >= 0.3 is 0 Å². The summed E-state index contributed by atoms with van der Waals surface area (Å²) in [4.78, 5) is 26.4. The molecule has 0 spiro atoms. The second kappa shape index (κ2) is 14.0. The Morgan fingerprint density at radius 1 is 0.324 bits per heavy atom. The molecule has 0 N–H and O–H groups in total. The van der Waals surface area contributed by atoms with Gasteiger partial charge in [-0.15, -0.1) is 0 Å². The average Bonchev–Trinajstić information content (AvgIpc) is 3.90. The normalized spacial score (nSPS) is 14.1. The molecule has 2 aliphatic rings. The maximum atomic E-state index is 5.31. The van der Waals surface area contributed by atoms with Crippen molar-refractivity contribution in [1.82, 2.24) is 34.1 Å². The Morgan fingerprint density at radius 2 is 0.706 bits per heavy atom. The Morgan fingerprint density at radius 3 is 1.22 bits per heavy atom. The fraction of sp³-hybridized carbons (Fsp3) is 0.0984. The Balaban J connectivity index is 0.977. The highest BCUT2D eigenvalue weighted by molar-refractivity contribution is 6.12. The Labute approximate surface area is 393 Å². The first-order valence-electron chi connectivity index (χ1n) is 23.3.